The summed E-state index contributed by atoms with van der Waals surface area (Å²) < 4.78 is 8.23. The average Bonchev–Trinajstić information content (AvgIpc) is 1.79. The Morgan fingerprint density at radius 2 is 1.30 bits per heavy atom. The van der Waals surface area contributed by atoms with E-state index >= 15 is 0 Å². The van der Waals surface area contributed by atoms with Gasteiger partial charge < -0.3 is 9.47 Å². The minimum Gasteiger partial charge on any atom is -0.369 e. The van der Waals surface area contributed by atoms with E-state index in [0.717, 1.165) is 0 Å². The van der Waals surface area contributed by atoms with Crippen molar-refractivity contribution in [2.24, 2.45) is 0 Å². The van der Waals surface area contributed by atoms with E-state index in [2.05, 4.69) is 9.47 Å². The molecule has 0 fully saturated rings. The van der Waals surface area contributed by atoms with Crippen LogP contribution in [0.5, 0.6) is 0 Å². The molecule has 0 saturated carbocycles. The van der Waals surface area contributed by atoms with Crippen LogP contribution >= 0.6 is 0 Å². The van der Waals surface area contributed by atoms with E-state index in [1.807, 2.05) is 12.2 Å². The predicted octanol–water partition coefficient (Wildman–Crippen LogP) is 0.0310. The first-order valence-electron chi connectivity index (χ1n) is 2.47. The Labute approximate surface area is 58.1 Å². The highest BCUT2D eigenvalue weighted by atomic mass is 16.7. The van der Waals surface area contributed by atoms with Crippen LogP contribution in [0.15, 0.2) is 0 Å². The van der Waals surface area contributed by atoms with Gasteiger partial charge in [0.05, 0.1) is 0 Å². The van der Waals surface area contributed by atoms with Gasteiger partial charge in [-0.1, -0.05) is 0 Å². The van der Waals surface area contributed by atoms with Crippen LogP contribution in [0.4, 0.5) is 0 Å². The Kier molecular flexibility index (Phi) is 3.73. The van der Waals surface area contributed by atoms with Crippen LogP contribution in [0, 0.1) is 12.2 Å². The quantitative estimate of drug-likeness (QED) is 0.275. The zero-order chi connectivity index (χ0) is 7.98. The fraction of sp³-hybridized carbons (Fsp3) is 0.333. The van der Waals surface area contributed by atoms with Gasteiger partial charge in [-0.05, 0) is 0 Å². The van der Waals surface area contributed by atoms with Gasteiger partial charge in [-0.15, -0.1) is 0 Å². The van der Waals surface area contributed by atoms with Crippen molar-refractivity contribution in [3.05, 3.63) is 0 Å². The minimum atomic E-state index is -0.542. The number of carbonyl (C=O) groups is 2. The van der Waals surface area contributed by atoms with Gasteiger partial charge in [0.2, 0.25) is 0 Å². The predicted molar refractivity (Wildman–Crippen MR) is 31.3 cm³/mol. The highest BCUT2D eigenvalue weighted by molar-refractivity contribution is 5.68. The highest BCUT2D eigenvalue weighted by Crippen LogP contribution is 1.73. The van der Waals surface area contributed by atoms with Gasteiger partial charge in [-0.3, -0.25) is 9.59 Å². The summed E-state index contributed by atoms with van der Waals surface area (Å²) in [5.41, 5.74) is 0. The molecule has 4 heteroatoms. The molecule has 0 aliphatic heterocycles. The van der Waals surface area contributed by atoms with Crippen molar-refractivity contribution in [3.8, 4) is 12.2 Å². The van der Waals surface area contributed by atoms with Gasteiger partial charge in [0, 0.05) is 13.8 Å². The lowest BCUT2D eigenvalue weighted by molar-refractivity contribution is -0.136. The number of ether oxygens (including phenoxy) is 2. The highest BCUT2D eigenvalue weighted by Gasteiger charge is 1.86. The fourth-order valence-corrected chi connectivity index (χ4v) is 0.185. The molecule has 0 aromatic rings. The third kappa shape index (κ3) is 6.50. The third-order valence-electron chi connectivity index (χ3n) is 0.431. The molecule has 0 bridgehead atoms. The molecular formula is C6H6O4. The molecule has 0 aromatic heterocycles. The Bertz CT molecular complexity index is 176. The van der Waals surface area contributed by atoms with Crippen LogP contribution < -0.4 is 0 Å². The Morgan fingerprint density at radius 1 is 1.00 bits per heavy atom. The van der Waals surface area contributed by atoms with E-state index in [1.54, 1.807) is 0 Å². The van der Waals surface area contributed by atoms with E-state index in [0.29, 0.717) is 0 Å². The molecular weight excluding hydrogens is 140 g/mol. The zero-order valence-corrected chi connectivity index (χ0v) is 5.63. The molecule has 0 saturated heterocycles. The third-order valence-corrected chi connectivity index (χ3v) is 0.431. The van der Waals surface area contributed by atoms with Crippen LogP contribution in [0.25, 0.3) is 0 Å². The maximum absolute atomic E-state index is 10.0. The van der Waals surface area contributed by atoms with Gasteiger partial charge in [-0.2, -0.15) is 0 Å². The van der Waals surface area contributed by atoms with E-state index < -0.39 is 11.9 Å². The molecule has 0 unspecified atom stereocenters. The van der Waals surface area contributed by atoms with Crippen molar-refractivity contribution in [2.45, 2.75) is 13.8 Å². The summed E-state index contributed by atoms with van der Waals surface area (Å²) in [6.45, 7) is 2.39. The van der Waals surface area contributed by atoms with Crippen molar-refractivity contribution in [1.82, 2.24) is 0 Å². The monoisotopic (exact) mass is 146 g/mol. The maximum Gasteiger partial charge on any atom is 0.316 e. The molecule has 0 rings (SSSR count). The molecule has 0 heterocycles. The second kappa shape index (κ2) is 4.39. The minimum absolute atomic E-state index is 0.542. The van der Waals surface area contributed by atoms with Gasteiger partial charge in [0.25, 0.3) is 0 Å². The first-order chi connectivity index (χ1) is 4.63. The lowest BCUT2D eigenvalue weighted by atomic mass is 11.3. The molecule has 0 aliphatic carbocycles. The van der Waals surface area contributed by atoms with E-state index in [9.17, 15) is 9.59 Å². The normalized spacial score (nSPS) is 7.00. The summed E-state index contributed by atoms with van der Waals surface area (Å²) in [6.07, 6.45) is 3.75. The lowest BCUT2D eigenvalue weighted by Gasteiger charge is -1.84. The summed E-state index contributed by atoms with van der Waals surface area (Å²) in [7, 11) is 0. The van der Waals surface area contributed by atoms with E-state index in [1.165, 1.54) is 13.8 Å². The van der Waals surface area contributed by atoms with E-state index in [-0.39, 0.29) is 0 Å². The summed E-state index contributed by atoms with van der Waals surface area (Å²) in [5, 5.41) is 0. The van der Waals surface area contributed by atoms with Crippen molar-refractivity contribution in [1.29, 1.82) is 0 Å². The van der Waals surface area contributed by atoms with Crippen molar-refractivity contribution in [2.75, 3.05) is 0 Å². The van der Waals surface area contributed by atoms with Crippen LogP contribution in [0.2, 0.25) is 0 Å². The largest absolute Gasteiger partial charge is 0.369 e. The van der Waals surface area contributed by atoms with Crippen LogP contribution in [-0.4, -0.2) is 11.9 Å². The summed E-state index contributed by atoms with van der Waals surface area (Å²) in [4.78, 5) is 20.0. The Balaban J connectivity index is 3.51. The smallest absolute Gasteiger partial charge is 0.316 e. The zero-order valence-electron chi connectivity index (χ0n) is 5.63. The molecule has 0 N–H and O–H groups in total. The van der Waals surface area contributed by atoms with Gasteiger partial charge >= 0.3 is 11.9 Å². The number of hydrogen-bond donors (Lipinski definition) is 0. The van der Waals surface area contributed by atoms with Crippen LogP contribution in [0.1, 0.15) is 13.8 Å². The number of esters is 2. The molecule has 0 aromatic carbocycles. The standard InChI is InChI=1S/C6H6O4/c1-5(7)9-3-4-10-6(2)8/h1-2H3/i3+1,4+1,5+1,6+1. The first-order valence-corrected chi connectivity index (χ1v) is 2.47. The summed E-state index contributed by atoms with van der Waals surface area (Å²) in [6, 6.07) is 0. The molecule has 0 spiro atoms. The Morgan fingerprint density at radius 3 is 1.50 bits per heavy atom. The second-order valence-electron chi connectivity index (χ2n) is 1.39. The van der Waals surface area contributed by atoms with Gasteiger partial charge in [0.15, 0.2) is 12.2 Å². The van der Waals surface area contributed by atoms with E-state index in [4.69, 9.17) is 0 Å². The number of rotatable bonds is 0. The second-order valence-corrected chi connectivity index (χ2v) is 1.39. The van der Waals surface area contributed by atoms with Gasteiger partial charge in [-0.25, -0.2) is 0 Å². The molecule has 54 valence electrons. The van der Waals surface area contributed by atoms with Crippen molar-refractivity contribution in [3.63, 3.8) is 0 Å². The van der Waals surface area contributed by atoms with Crippen LogP contribution in [0.3, 0.4) is 0 Å². The Hall–Kier alpha value is -1.50. The molecule has 0 amide bonds. The number of hydrogen-bond acceptors (Lipinski definition) is 4. The summed E-state index contributed by atoms with van der Waals surface area (Å²) in [5.74, 6) is -1.08. The van der Waals surface area contributed by atoms with Gasteiger partial charge in [0.1, 0.15) is 0 Å². The average molecular weight is 146 g/mol. The topological polar surface area (TPSA) is 52.6 Å². The first kappa shape index (κ1) is 8.50. The maximum atomic E-state index is 10.0. The molecule has 0 radical (unpaired) electrons. The van der Waals surface area contributed by atoms with Crippen molar-refractivity contribution >= 4 is 11.9 Å². The molecule has 0 aliphatic rings. The lowest BCUT2D eigenvalue weighted by Crippen LogP contribution is -1.93. The summed E-state index contributed by atoms with van der Waals surface area (Å²) >= 11 is 0. The van der Waals surface area contributed by atoms with Crippen LogP contribution in [-0.2, 0) is 19.1 Å². The molecule has 4 nitrogen and oxygen atoms in total. The molecule has 0 atom stereocenters. The number of carbonyl (C=O) groups excluding carboxylic acids is 2. The SMILES string of the molecule is C[13C](=O)O[13C]#[13C]O[13C](C)=O. The molecule has 10 heavy (non-hydrogen) atoms. The van der Waals surface area contributed by atoms with Crippen molar-refractivity contribution < 1.29 is 19.1 Å². The fourth-order valence-electron chi connectivity index (χ4n) is 0.185.